The van der Waals surface area contributed by atoms with E-state index in [0.29, 0.717) is 5.69 Å². The van der Waals surface area contributed by atoms with Crippen LogP contribution in [0.1, 0.15) is 12.8 Å². The molecule has 2 N–H and O–H groups in total. The third-order valence-electron chi connectivity index (χ3n) is 4.37. The van der Waals surface area contributed by atoms with Crippen molar-refractivity contribution < 1.29 is 27.1 Å². The number of urea groups is 1. The maximum absolute atomic E-state index is 13.0. The molecule has 2 amide bonds. The number of benzene rings is 2. The molecule has 0 radical (unpaired) electrons. The van der Waals surface area contributed by atoms with Crippen molar-refractivity contribution in [3.8, 4) is 5.75 Å². The summed E-state index contributed by atoms with van der Waals surface area (Å²) in [7, 11) is 0. The van der Waals surface area contributed by atoms with Crippen molar-refractivity contribution >= 4 is 17.4 Å². The molecule has 1 aliphatic rings. The highest BCUT2D eigenvalue weighted by atomic mass is 19.4. The summed E-state index contributed by atoms with van der Waals surface area (Å²) in [6.45, 7) is 1.44. The number of amides is 2. The molecule has 2 aromatic rings. The number of rotatable bonds is 4. The van der Waals surface area contributed by atoms with E-state index in [4.69, 9.17) is 0 Å². The zero-order chi connectivity index (χ0) is 20.1. The van der Waals surface area contributed by atoms with Gasteiger partial charge in [-0.05, 0) is 61.4 Å². The fourth-order valence-corrected chi connectivity index (χ4v) is 3.03. The number of carbonyl (C=O) groups is 1. The summed E-state index contributed by atoms with van der Waals surface area (Å²) in [5.41, 5.74) is 1.29. The Bertz CT molecular complexity index is 786. The molecule has 0 saturated carbocycles. The zero-order valence-corrected chi connectivity index (χ0v) is 14.8. The van der Waals surface area contributed by atoms with Gasteiger partial charge in [0.1, 0.15) is 11.6 Å². The highest BCUT2D eigenvalue weighted by molar-refractivity contribution is 5.89. The molecule has 0 atom stereocenters. The van der Waals surface area contributed by atoms with Crippen LogP contribution in [0.25, 0.3) is 0 Å². The van der Waals surface area contributed by atoms with Crippen molar-refractivity contribution in [2.24, 2.45) is 0 Å². The number of hydrogen-bond acceptors (Lipinski definition) is 3. The number of ether oxygens (including phenoxy) is 1. The van der Waals surface area contributed by atoms with E-state index in [0.717, 1.165) is 43.8 Å². The van der Waals surface area contributed by atoms with Crippen molar-refractivity contribution in [2.75, 3.05) is 23.3 Å². The molecule has 150 valence electrons. The number of halogens is 4. The van der Waals surface area contributed by atoms with Crippen LogP contribution in [0.15, 0.2) is 48.5 Å². The van der Waals surface area contributed by atoms with Gasteiger partial charge in [0, 0.05) is 30.5 Å². The standard InChI is InChI=1S/C19H19F4N3O2/c20-13-1-5-16(6-2-13)26-11-9-15(10-12-26)25-18(27)24-14-3-7-17(8-4-14)28-19(21,22)23/h1-8,15H,9-12H2,(H2,24,25,27). The Morgan fingerprint density at radius 1 is 1.00 bits per heavy atom. The Labute approximate surface area is 159 Å². The van der Waals surface area contributed by atoms with Crippen molar-refractivity contribution in [1.29, 1.82) is 0 Å². The first-order valence-electron chi connectivity index (χ1n) is 8.72. The number of anilines is 2. The van der Waals surface area contributed by atoms with Crippen LogP contribution in [0.5, 0.6) is 5.75 Å². The van der Waals surface area contributed by atoms with Gasteiger partial charge >= 0.3 is 12.4 Å². The largest absolute Gasteiger partial charge is 0.573 e. The van der Waals surface area contributed by atoms with Gasteiger partial charge in [0.25, 0.3) is 0 Å². The van der Waals surface area contributed by atoms with Crippen LogP contribution in [0.4, 0.5) is 33.7 Å². The third-order valence-corrected chi connectivity index (χ3v) is 4.37. The van der Waals surface area contributed by atoms with E-state index in [1.54, 1.807) is 12.1 Å². The summed E-state index contributed by atoms with van der Waals surface area (Å²) < 4.78 is 53.2. The Balaban J connectivity index is 1.45. The second-order valence-electron chi connectivity index (χ2n) is 6.41. The van der Waals surface area contributed by atoms with Gasteiger partial charge in [-0.2, -0.15) is 0 Å². The molecule has 1 saturated heterocycles. The zero-order valence-electron chi connectivity index (χ0n) is 14.8. The first-order valence-corrected chi connectivity index (χ1v) is 8.72. The summed E-state index contributed by atoms with van der Waals surface area (Å²) in [4.78, 5) is 14.2. The molecule has 28 heavy (non-hydrogen) atoms. The fourth-order valence-electron chi connectivity index (χ4n) is 3.03. The van der Waals surface area contributed by atoms with Crippen molar-refractivity contribution in [3.05, 3.63) is 54.3 Å². The smallest absolute Gasteiger partial charge is 0.406 e. The summed E-state index contributed by atoms with van der Waals surface area (Å²) in [5, 5.41) is 5.44. The van der Waals surface area contributed by atoms with Gasteiger partial charge in [0.2, 0.25) is 0 Å². The monoisotopic (exact) mass is 397 g/mol. The SMILES string of the molecule is O=C(Nc1ccc(OC(F)(F)F)cc1)NC1CCN(c2ccc(F)cc2)CC1. The van der Waals surface area contributed by atoms with Crippen LogP contribution in [-0.4, -0.2) is 31.5 Å². The predicted molar refractivity (Wildman–Crippen MR) is 96.9 cm³/mol. The van der Waals surface area contributed by atoms with Gasteiger partial charge in [-0.15, -0.1) is 13.2 Å². The summed E-state index contributed by atoms with van der Waals surface area (Å²) in [6, 6.07) is 10.7. The average Bonchev–Trinajstić information content (AvgIpc) is 2.63. The average molecular weight is 397 g/mol. The number of piperidine rings is 1. The number of hydrogen-bond donors (Lipinski definition) is 2. The third kappa shape index (κ3) is 5.77. The molecule has 1 aliphatic heterocycles. The topological polar surface area (TPSA) is 53.6 Å². The molecule has 0 aliphatic carbocycles. The molecule has 1 heterocycles. The van der Waals surface area contributed by atoms with E-state index < -0.39 is 12.4 Å². The van der Waals surface area contributed by atoms with Crippen LogP contribution < -0.4 is 20.3 Å². The van der Waals surface area contributed by atoms with Gasteiger partial charge in [-0.25, -0.2) is 9.18 Å². The second kappa shape index (κ2) is 8.37. The molecule has 1 fully saturated rings. The number of carbonyl (C=O) groups excluding carboxylic acids is 1. The lowest BCUT2D eigenvalue weighted by molar-refractivity contribution is -0.274. The first kappa shape index (κ1) is 19.8. The highest BCUT2D eigenvalue weighted by Gasteiger charge is 2.31. The van der Waals surface area contributed by atoms with E-state index >= 15 is 0 Å². The van der Waals surface area contributed by atoms with Gasteiger partial charge in [-0.3, -0.25) is 0 Å². The quantitative estimate of drug-likeness (QED) is 0.747. The lowest BCUT2D eigenvalue weighted by atomic mass is 10.0. The van der Waals surface area contributed by atoms with Crippen LogP contribution >= 0.6 is 0 Å². The Hall–Kier alpha value is -2.97. The van der Waals surface area contributed by atoms with Crippen LogP contribution in [-0.2, 0) is 0 Å². The van der Waals surface area contributed by atoms with Gasteiger partial charge in [-0.1, -0.05) is 0 Å². The lowest BCUT2D eigenvalue weighted by Gasteiger charge is -2.34. The minimum Gasteiger partial charge on any atom is -0.406 e. The Morgan fingerprint density at radius 3 is 2.18 bits per heavy atom. The molecule has 0 bridgehead atoms. The van der Waals surface area contributed by atoms with Gasteiger partial charge < -0.3 is 20.3 Å². The molecule has 0 aromatic heterocycles. The number of alkyl halides is 3. The van der Waals surface area contributed by atoms with Gasteiger partial charge in [0.15, 0.2) is 0 Å². The van der Waals surface area contributed by atoms with E-state index in [9.17, 15) is 22.4 Å². The minimum absolute atomic E-state index is 0.0236. The van der Waals surface area contributed by atoms with Crippen LogP contribution in [0, 0.1) is 5.82 Å². The highest BCUT2D eigenvalue weighted by Crippen LogP contribution is 2.24. The maximum atomic E-state index is 13.0. The summed E-state index contributed by atoms with van der Waals surface area (Å²) in [5.74, 6) is -0.637. The van der Waals surface area contributed by atoms with Crippen LogP contribution in [0.2, 0.25) is 0 Å². The molecule has 0 unspecified atom stereocenters. The molecular formula is C19H19F4N3O2. The van der Waals surface area contributed by atoms with Crippen LogP contribution in [0.3, 0.4) is 0 Å². The summed E-state index contributed by atoms with van der Waals surface area (Å²) in [6.07, 6.45) is -3.30. The molecule has 3 rings (SSSR count). The minimum atomic E-state index is -4.75. The first-order chi connectivity index (χ1) is 13.3. The predicted octanol–water partition coefficient (Wildman–Crippen LogP) is 4.51. The normalized spacial score (nSPS) is 15.2. The molecule has 0 spiro atoms. The van der Waals surface area contributed by atoms with E-state index in [1.807, 2.05) is 0 Å². The van der Waals surface area contributed by atoms with Crippen molar-refractivity contribution in [1.82, 2.24) is 5.32 Å². The number of nitrogens with one attached hydrogen (secondary N) is 2. The Kier molecular flexibility index (Phi) is 5.91. The molecule has 2 aromatic carbocycles. The molecule has 5 nitrogen and oxygen atoms in total. The molecular weight excluding hydrogens is 378 g/mol. The van der Waals surface area contributed by atoms with Gasteiger partial charge in [0.05, 0.1) is 0 Å². The second-order valence-corrected chi connectivity index (χ2v) is 6.41. The van der Waals surface area contributed by atoms with Crippen molar-refractivity contribution in [2.45, 2.75) is 25.2 Å². The Morgan fingerprint density at radius 2 is 1.61 bits per heavy atom. The van der Waals surface area contributed by atoms with E-state index in [2.05, 4.69) is 20.3 Å². The molecule has 9 heteroatoms. The summed E-state index contributed by atoms with van der Waals surface area (Å²) >= 11 is 0. The van der Waals surface area contributed by atoms with Crippen molar-refractivity contribution in [3.63, 3.8) is 0 Å². The fraction of sp³-hybridized carbons (Fsp3) is 0.316. The van der Waals surface area contributed by atoms with E-state index in [1.165, 1.54) is 24.3 Å². The number of nitrogens with zero attached hydrogens (tertiary/aromatic N) is 1. The maximum Gasteiger partial charge on any atom is 0.573 e. The lowest BCUT2D eigenvalue weighted by Crippen LogP contribution is -2.46. The van der Waals surface area contributed by atoms with E-state index in [-0.39, 0.29) is 17.6 Å².